The monoisotopic (exact) mass is 440 g/mol. The molecular weight excluding hydrogens is 408 g/mol. The van der Waals surface area contributed by atoms with Crippen molar-refractivity contribution in [3.63, 3.8) is 0 Å². The van der Waals surface area contributed by atoms with E-state index in [1.165, 1.54) is 23.4 Å². The molecule has 1 aromatic heterocycles. The molecule has 5 heteroatoms. The second-order valence-corrected chi connectivity index (χ2v) is 9.62. The number of hydrogen-bond acceptors (Lipinski definition) is 5. The summed E-state index contributed by atoms with van der Waals surface area (Å²) in [6, 6.07) is 19.6. The van der Waals surface area contributed by atoms with Gasteiger partial charge in [0.1, 0.15) is 12.3 Å². The average Bonchev–Trinajstić information content (AvgIpc) is 3.24. The van der Waals surface area contributed by atoms with E-state index in [4.69, 9.17) is 14.7 Å². The first kappa shape index (κ1) is 20.7. The van der Waals surface area contributed by atoms with Crippen molar-refractivity contribution < 1.29 is 4.74 Å². The molecular formula is C28H32N4O. The zero-order chi connectivity index (χ0) is 22.4. The largest absolute Gasteiger partial charge is 0.372 e. The summed E-state index contributed by atoms with van der Waals surface area (Å²) in [6.07, 6.45) is 8.72. The van der Waals surface area contributed by atoms with Crippen molar-refractivity contribution in [2.24, 2.45) is 5.41 Å². The maximum absolute atomic E-state index is 6.09. The minimum absolute atomic E-state index is 0.0428. The Kier molecular flexibility index (Phi) is 5.10. The number of ether oxygens (including phenoxy) is 1. The van der Waals surface area contributed by atoms with Crippen LogP contribution in [0.4, 0.5) is 23.0 Å². The summed E-state index contributed by atoms with van der Waals surface area (Å²) in [4.78, 5) is 15.3. The lowest BCUT2D eigenvalue weighted by Crippen LogP contribution is -2.55. The van der Waals surface area contributed by atoms with Crippen molar-refractivity contribution >= 4 is 23.0 Å². The van der Waals surface area contributed by atoms with Crippen LogP contribution in [0.5, 0.6) is 0 Å². The van der Waals surface area contributed by atoms with Crippen LogP contribution >= 0.6 is 0 Å². The van der Waals surface area contributed by atoms with Crippen molar-refractivity contribution in [3.05, 3.63) is 72.1 Å². The maximum Gasteiger partial charge on any atom is 0.179 e. The van der Waals surface area contributed by atoms with Crippen LogP contribution in [0, 0.1) is 5.41 Å². The standard InChI is InChI=1S/C28H32N4O/c1-3-28(4-2)18-20-12-8-9-15-23(20)32-25-26(31(27(28)32)21-13-6-5-7-14-21)30-22(19-29-25)24-16-10-11-17-33-24/h5-9,12-15,19,24,27H,3-4,10-11,16-18H2,1-2H3. The van der Waals surface area contributed by atoms with E-state index >= 15 is 0 Å². The second kappa shape index (κ2) is 8.14. The fourth-order valence-corrected chi connectivity index (χ4v) is 6.07. The molecule has 2 aromatic carbocycles. The smallest absolute Gasteiger partial charge is 0.179 e. The number of aromatic nitrogens is 2. The summed E-state index contributed by atoms with van der Waals surface area (Å²) < 4.78 is 6.09. The van der Waals surface area contributed by atoms with Crippen LogP contribution < -0.4 is 9.80 Å². The van der Waals surface area contributed by atoms with E-state index < -0.39 is 0 Å². The van der Waals surface area contributed by atoms with Gasteiger partial charge in [0.2, 0.25) is 0 Å². The minimum atomic E-state index is 0.0428. The van der Waals surface area contributed by atoms with Crippen molar-refractivity contribution in [1.29, 1.82) is 0 Å². The van der Waals surface area contributed by atoms with Crippen LogP contribution in [-0.2, 0) is 11.2 Å². The normalized spacial score (nSPS) is 23.1. The molecule has 0 radical (unpaired) electrons. The third-order valence-electron chi connectivity index (χ3n) is 7.99. The fourth-order valence-electron chi connectivity index (χ4n) is 6.07. The SMILES string of the molecule is CCC1(CC)Cc2ccccc2N2c3ncc(C4CCCCO4)nc3N(c3ccccc3)C21. The van der Waals surface area contributed by atoms with Gasteiger partial charge in [-0.15, -0.1) is 0 Å². The lowest BCUT2D eigenvalue weighted by molar-refractivity contribution is 0.0122. The minimum Gasteiger partial charge on any atom is -0.372 e. The number of rotatable bonds is 4. The highest BCUT2D eigenvalue weighted by molar-refractivity contribution is 5.86. The van der Waals surface area contributed by atoms with Gasteiger partial charge in [-0.1, -0.05) is 50.2 Å². The van der Waals surface area contributed by atoms with Crippen LogP contribution in [0.2, 0.25) is 0 Å². The molecule has 6 rings (SSSR count). The first-order valence-corrected chi connectivity index (χ1v) is 12.5. The van der Waals surface area contributed by atoms with E-state index in [1.807, 2.05) is 6.20 Å². The molecule has 0 bridgehead atoms. The topological polar surface area (TPSA) is 41.5 Å². The first-order valence-electron chi connectivity index (χ1n) is 12.5. The van der Waals surface area contributed by atoms with Crippen molar-refractivity contribution in [3.8, 4) is 0 Å². The van der Waals surface area contributed by atoms with E-state index in [-0.39, 0.29) is 17.7 Å². The summed E-state index contributed by atoms with van der Waals surface area (Å²) in [5.41, 5.74) is 4.89. The summed E-state index contributed by atoms with van der Waals surface area (Å²) in [6.45, 7) is 5.48. The van der Waals surface area contributed by atoms with Crippen LogP contribution in [-0.4, -0.2) is 22.7 Å². The third kappa shape index (κ3) is 3.17. The van der Waals surface area contributed by atoms with Gasteiger partial charge >= 0.3 is 0 Å². The highest BCUT2D eigenvalue weighted by Gasteiger charge is 2.54. The van der Waals surface area contributed by atoms with Gasteiger partial charge in [-0.3, -0.25) is 0 Å². The molecule has 170 valence electrons. The zero-order valence-electron chi connectivity index (χ0n) is 19.6. The van der Waals surface area contributed by atoms with E-state index in [1.54, 1.807) is 0 Å². The lowest BCUT2D eigenvalue weighted by atomic mass is 9.70. The van der Waals surface area contributed by atoms with Gasteiger partial charge < -0.3 is 14.5 Å². The van der Waals surface area contributed by atoms with Gasteiger partial charge in [-0.25, -0.2) is 9.97 Å². The molecule has 0 amide bonds. The molecule has 0 N–H and O–H groups in total. The molecule has 1 saturated heterocycles. The van der Waals surface area contributed by atoms with Gasteiger partial charge in [0.25, 0.3) is 0 Å². The van der Waals surface area contributed by atoms with E-state index in [9.17, 15) is 0 Å². The summed E-state index contributed by atoms with van der Waals surface area (Å²) in [5.74, 6) is 1.92. The fraction of sp³-hybridized carbons (Fsp3) is 0.429. The molecule has 0 spiro atoms. The molecule has 3 aromatic rings. The molecule has 3 aliphatic rings. The molecule has 1 fully saturated rings. The Morgan fingerprint density at radius 3 is 2.48 bits per heavy atom. The van der Waals surface area contributed by atoms with Crippen molar-refractivity contribution in [1.82, 2.24) is 9.97 Å². The van der Waals surface area contributed by atoms with Crippen LogP contribution in [0.1, 0.15) is 63.3 Å². The molecule has 33 heavy (non-hydrogen) atoms. The molecule has 3 aliphatic heterocycles. The second-order valence-electron chi connectivity index (χ2n) is 9.62. The highest BCUT2D eigenvalue weighted by atomic mass is 16.5. The number of benzene rings is 2. The van der Waals surface area contributed by atoms with Gasteiger partial charge in [-0.2, -0.15) is 0 Å². The Hall–Kier alpha value is -2.92. The van der Waals surface area contributed by atoms with E-state index in [0.29, 0.717) is 0 Å². The maximum atomic E-state index is 6.09. The summed E-state index contributed by atoms with van der Waals surface area (Å²) in [5, 5.41) is 0. The Bertz CT molecular complexity index is 1140. The van der Waals surface area contributed by atoms with Crippen molar-refractivity contribution in [2.75, 3.05) is 16.4 Å². The van der Waals surface area contributed by atoms with Crippen LogP contribution in [0.3, 0.4) is 0 Å². The van der Waals surface area contributed by atoms with Gasteiger partial charge in [0.15, 0.2) is 11.6 Å². The zero-order valence-corrected chi connectivity index (χ0v) is 19.6. The van der Waals surface area contributed by atoms with Gasteiger partial charge in [-0.05, 0) is 62.3 Å². The number of fused-ring (bicyclic) bond motifs is 5. The Morgan fingerprint density at radius 2 is 1.73 bits per heavy atom. The molecule has 2 atom stereocenters. The first-order chi connectivity index (χ1) is 16.3. The Balaban J connectivity index is 1.58. The molecule has 0 saturated carbocycles. The predicted molar refractivity (Wildman–Crippen MR) is 132 cm³/mol. The number of nitrogens with zero attached hydrogens (tertiary/aromatic N) is 4. The number of hydrogen-bond donors (Lipinski definition) is 0. The van der Waals surface area contributed by atoms with E-state index in [2.05, 4.69) is 78.2 Å². The average molecular weight is 441 g/mol. The summed E-state index contributed by atoms with van der Waals surface area (Å²) in [7, 11) is 0. The molecule has 4 heterocycles. The van der Waals surface area contributed by atoms with Crippen molar-refractivity contribution in [2.45, 2.75) is 64.6 Å². The quantitative estimate of drug-likeness (QED) is 0.452. The molecule has 2 unspecified atom stereocenters. The molecule has 0 aliphatic carbocycles. The number of anilines is 4. The lowest BCUT2D eigenvalue weighted by Gasteiger charge is -2.50. The van der Waals surface area contributed by atoms with Crippen LogP contribution in [0.25, 0.3) is 0 Å². The van der Waals surface area contributed by atoms with Gasteiger partial charge in [0, 0.05) is 23.4 Å². The highest BCUT2D eigenvalue weighted by Crippen LogP contribution is 2.57. The summed E-state index contributed by atoms with van der Waals surface area (Å²) >= 11 is 0. The van der Waals surface area contributed by atoms with Crippen LogP contribution in [0.15, 0.2) is 60.8 Å². The molecule has 5 nitrogen and oxygen atoms in total. The number of para-hydroxylation sites is 2. The predicted octanol–water partition coefficient (Wildman–Crippen LogP) is 6.70. The van der Waals surface area contributed by atoms with Gasteiger partial charge in [0.05, 0.1) is 11.9 Å². The Labute approximate surface area is 196 Å². The third-order valence-corrected chi connectivity index (χ3v) is 7.99. The Morgan fingerprint density at radius 1 is 0.939 bits per heavy atom. The van der Waals surface area contributed by atoms with E-state index in [0.717, 1.165) is 56.0 Å².